The molecule has 0 atom stereocenters. The van der Waals surface area contributed by atoms with Crippen molar-refractivity contribution in [1.82, 2.24) is 14.1 Å². The second-order valence-corrected chi connectivity index (χ2v) is 17.9. The topological polar surface area (TPSA) is 22.8 Å². The van der Waals surface area contributed by atoms with Crippen molar-refractivity contribution in [3.8, 4) is 67.1 Å². The first-order valence-electron chi connectivity index (χ1n) is 24.3. The van der Waals surface area contributed by atoms with Gasteiger partial charge >= 0.3 is 0 Å². The molecule has 0 unspecified atom stereocenters. The quantitative estimate of drug-likeness (QED) is 0.139. The SMILES string of the molecule is C=C/C=C\C.c1ccc(-c2ccc(-c3cc(-c4cccc(-c5cccc(-n6c7ccccc7c7ccccc76)c5)c4)nc4ccc(-c5cccc(-n6c7ccccc7c7ccccc76)c5)cc34)cc2)cc1. The molecule has 3 aromatic heterocycles. The van der Waals surface area contributed by atoms with Gasteiger partial charge in [0.15, 0.2) is 0 Å². The van der Waals surface area contributed by atoms with Crippen molar-refractivity contribution < 1.29 is 0 Å². The van der Waals surface area contributed by atoms with Crippen molar-refractivity contribution in [1.29, 1.82) is 0 Å². The molecular formula is C68H49N3. The summed E-state index contributed by atoms with van der Waals surface area (Å²) in [5, 5.41) is 6.14. The van der Waals surface area contributed by atoms with Gasteiger partial charge in [0.25, 0.3) is 0 Å². The van der Waals surface area contributed by atoms with Gasteiger partial charge in [0.2, 0.25) is 0 Å². The highest BCUT2D eigenvalue weighted by atomic mass is 15.0. The molecule has 0 aliphatic heterocycles. The summed E-state index contributed by atoms with van der Waals surface area (Å²) in [5.74, 6) is 0. The first-order chi connectivity index (χ1) is 35.1. The zero-order valence-electron chi connectivity index (χ0n) is 39.5. The zero-order valence-corrected chi connectivity index (χ0v) is 39.5. The summed E-state index contributed by atoms with van der Waals surface area (Å²) in [5.41, 5.74) is 19.3. The average Bonchev–Trinajstić information content (AvgIpc) is 3.97. The van der Waals surface area contributed by atoms with Crippen LogP contribution >= 0.6 is 0 Å². The Hall–Kier alpha value is -9.31. The minimum Gasteiger partial charge on any atom is -0.309 e. The molecule has 13 aromatic rings. The van der Waals surface area contributed by atoms with E-state index in [2.05, 4.69) is 264 Å². The third-order valence-electron chi connectivity index (χ3n) is 13.6. The molecule has 10 aromatic carbocycles. The fourth-order valence-corrected chi connectivity index (χ4v) is 10.3. The third kappa shape index (κ3) is 8.00. The van der Waals surface area contributed by atoms with Crippen molar-refractivity contribution in [3.05, 3.63) is 274 Å². The number of rotatable bonds is 8. The van der Waals surface area contributed by atoms with Gasteiger partial charge in [0.05, 0.1) is 33.3 Å². The Bertz CT molecular complexity index is 4020. The number of fused-ring (bicyclic) bond motifs is 7. The molecule has 0 amide bonds. The van der Waals surface area contributed by atoms with Crippen molar-refractivity contribution in [3.63, 3.8) is 0 Å². The first kappa shape index (κ1) is 43.0. The van der Waals surface area contributed by atoms with Crippen LogP contribution < -0.4 is 0 Å². The lowest BCUT2D eigenvalue weighted by molar-refractivity contribution is 1.18. The van der Waals surface area contributed by atoms with Crippen LogP contribution in [0.3, 0.4) is 0 Å². The summed E-state index contributed by atoms with van der Waals surface area (Å²) in [6.45, 7) is 5.42. The molecular weight excluding hydrogens is 859 g/mol. The normalized spacial score (nSPS) is 11.5. The molecule has 3 heterocycles. The Balaban J connectivity index is 0.000000988. The maximum Gasteiger partial charge on any atom is 0.0716 e. The predicted octanol–water partition coefficient (Wildman–Crippen LogP) is 18.5. The van der Waals surface area contributed by atoms with Crippen LogP contribution in [-0.4, -0.2) is 14.1 Å². The van der Waals surface area contributed by atoms with Crippen LogP contribution in [0.2, 0.25) is 0 Å². The zero-order chi connectivity index (χ0) is 47.7. The monoisotopic (exact) mass is 907 g/mol. The van der Waals surface area contributed by atoms with E-state index >= 15 is 0 Å². The Morgan fingerprint density at radius 1 is 0.338 bits per heavy atom. The van der Waals surface area contributed by atoms with E-state index < -0.39 is 0 Å². The summed E-state index contributed by atoms with van der Waals surface area (Å²) in [6.07, 6.45) is 5.58. The Morgan fingerprint density at radius 3 is 1.25 bits per heavy atom. The fourth-order valence-electron chi connectivity index (χ4n) is 10.3. The van der Waals surface area contributed by atoms with E-state index in [1.807, 2.05) is 19.1 Å². The van der Waals surface area contributed by atoms with E-state index in [1.165, 1.54) is 54.7 Å². The number of hydrogen-bond donors (Lipinski definition) is 0. The molecule has 0 N–H and O–H groups in total. The van der Waals surface area contributed by atoms with Crippen molar-refractivity contribution in [2.24, 2.45) is 0 Å². The molecule has 71 heavy (non-hydrogen) atoms. The molecule has 336 valence electrons. The molecule has 0 fully saturated rings. The predicted molar refractivity (Wildman–Crippen MR) is 303 cm³/mol. The number of pyridine rings is 1. The van der Waals surface area contributed by atoms with Gasteiger partial charge in [0.1, 0.15) is 0 Å². The van der Waals surface area contributed by atoms with Crippen molar-refractivity contribution >= 4 is 54.5 Å². The molecule has 0 aliphatic rings. The molecule has 0 aliphatic carbocycles. The largest absolute Gasteiger partial charge is 0.309 e. The van der Waals surface area contributed by atoms with E-state index in [1.54, 1.807) is 6.08 Å². The summed E-state index contributed by atoms with van der Waals surface area (Å²) < 4.78 is 4.77. The van der Waals surface area contributed by atoms with Gasteiger partial charge in [-0.15, -0.1) is 0 Å². The van der Waals surface area contributed by atoms with E-state index in [0.717, 1.165) is 66.9 Å². The second kappa shape index (κ2) is 18.6. The fraction of sp³-hybridized carbons (Fsp3) is 0.0147. The van der Waals surface area contributed by atoms with Gasteiger partial charge in [0, 0.05) is 43.9 Å². The van der Waals surface area contributed by atoms with Crippen molar-refractivity contribution in [2.45, 2.75) is 6.92 Å². The Labute approximate surface area is 414 Å². The number of benzene rings is 10. The molecule has 0 radical (unpaired) electrons. The average molecular weight is 908 g/mol. The standard InChI is InChI=1S/C63H41N3.C5H8/c1-2-15-42(16-3-1)43-31-33-44(34-32-43)56-41-59(49-20-12-17-45(37-49)46-18-13-21-50(38-46)65-60-27-8-4-23-52(60)53-24-5-9-28-61(53)65)64-58-36-35-48(40-57(56)58)47-19-14-22-51(39-47)66-62-29-10-6-25-54(62)55-26-7-11-30-63(55)66;1-3-5-4-2/h1-41H;3-5H,1H2,2H3/b;5-4-. The van der Waals surface area contributed by atoms with Crippen LogP contribution in [-0.2, 0) is 0 Å². The highest BCUT2D eigenvalue weighted by molar-refractivity contribution is 6.10. The lowest BCUT2D eigenvalue weighted by Gasteiger charge is -2.15. The number of allylic oxidation sites excluding steroid dienone is 3. The number of nitrogens with zero attached hydrogens (tertiary/aromatic N) is 3. The minimum atomic E-state index is 0.936. The first-order valence-corrected chi connectivity index (χ1v) is 24.3. The van der Waals surface area contributed by atoms with Crippen LogP contribution in [0.5, 0.6) is 0 Å². The van der Waals surface area contributed by atoms with Crippen LogP contribution in [0, 0.1) is 0 Å². The van der Waals surface area contributed by atoms with E-state index in [0.29, 0.717) is 0 Å². The molecule has 3 heteroatoms. The van der Waals surface area contributed by atoms with Gasteiger partial charge in [-0.25, -0.2) is 4.98 Å². The van der Waals surface area contributed by atoms with E-state index in [9.17, 15) is 0 Å². The highest BCUT2D eigenvalue weighted by Gasteiger charge is 2.17. The summed E-state index contributed by atoms with van der Waals surface area (Å²) in [6, 6.07) is 90.0. The van der Waals surface area contributed by atoms with Crippen molar-refractivity contribution in [2.75, 3.05) is 0 Å². The van der Waals surface area contributed by atoms with Gasteiger partial charge in [-0.2, -0.15) is 0 Å². The Kier molecular flexibility index (Phi) is 11.3. The van der Waals surface area contributed by atoms with E-state index in [-0.39, 0.29) is 0 Å². The van der Waals surface area contributed by atoms with Gasteiger partial charge in [-0.1, -0.05) is 201 Å². The number of aromatic nitrogens is 3. The Morgan fingerprint density at radius 2 is 0.746 bits per heavy atom. The maximum absolute atomic E-state index is 5.41. The van der Waals surface area contributed by atoms with Crippen LogP contribution in [0.1, 0.15) is 6.92 Å². The highest BCUT2D eigenvalue weighted by Crippen LogP contribution is 2.39. The molecule has 0 saturated heterocycles. The summed E-state index contributed by atoms with van der Waals surface area (Å²) in [7, 11) is 0. The van der Waals surface area contributed by atoms with Gasteiger partial charge in [-0.3, -0.25) is 0 Å². The molecule has 0 bridgehead atoms. The molecule has 0 spiro atoms. The van der Waals surface area contributed by atoms with Crippen LogP contribution in [0.4, 0.5) is 0 Å². The van der Waals surface area contributed by atoms with E-state index in [4.69, 9.17) is 4.98 Å². The molecule has 13 rings (SSSR count). The van der Waals surface area contributed by atoms with Gasteiger partial charge < -0.3 is 9.13 Å². The maximum atomic E-state index is 5.41. The third-order valence-corrected chi connectivity index (χ3v) is 13.6. The lowest BCUT2D eigenvalue weighted by atomic mass is 9.93. The molecule has 0 saturated carbocycles. The molecule has 3 nitrogen and oxygen atoms in total. The number of para-hydroxylation sites is 4. The summed E-state index contributed by atoms with van der Waals surface area (Å²) in [4.78, 5) is 5.41. The number of hydrogen-bond acceptors (Lipinski definition) is 1. The van der Waals surface area contributed by atoms with Crippen LogP contribution in [0.15, 0.2) is 274 Å². The summed E-state index contributed by atoms with van der Waals surface area (Å²) >= 11 is 0. The van der Waals surface area contributed by atoms with Gasteiger partial charge in [-0.05, 0) is 124 Å². The van der Waals surface area contributed by atoms with Crippen LogP contribution in [0.25, 0.3) is 122 Å². The minimum absolute atomic E-state index is 0.936. The lowest BCUT2D eigenvalue weighted by Crippen LogP contribution is -1.95. The second-order valence-electron chi connectivity index (χ2n) is 17.9. The smallest absolute Gasteiger partial charge is 0.0716 e.